The van der Waals surface area contributed by atoms with Crippen LogP contribution in [0.1, 0.15) is 48.9 Å². The van der Waals surface area contributed by atoms with E-state index in [0.717, 1.165) is 45.4 Å². The largest absolute Gasteiger partial charge is 0.379 e. The number of hydrogen-bond acceptors (Lipinski definition) is 5. The van der Waals surface area contributed by atoms with E-state index in [1.54, 1.807) is 18.2 Å². The first kappa shape index (κ1) is 23.7. The van der Waals surface area contributed by atoms with Crippen molar-refractivity contribution in [3.8, 4) is 0 Å². The molecule has 0 radical (unpaired) electrons. The zero-order chi connectivity index (χ0) is 24.0. The number of ether oxygens (including phenoxy) is 2. The summed E-state index contributed by atoms with van der Waals surface area (Å²) in [6, 6.07) is 6.29. The van der Waals surface area contributed by atoms with Crippen molar-refractivity contribution in [1.29, 1.82) is 0 Å². The summed E-state index contributed by atoms with van der Waals surface area (Å²) < 4.78 is 21.8. The molecular formula is C25H35N4O5P. The zero-order valence-electron chi connectivity index (χ0n) is 20.2. The van der Waals surface area contributed by atoms with Gasteiger partial charge in [0, 0.05) is 37.4 Å². The van der Waals surface area contributed by atoms with Gasteiger partial charge in [0.25, 0.3) is 11.6 Å². The van der Waals surface area contributed by atoms with Crippen molar-refractivity contribution in [3.05, 3.63) is 39.9 Å². The van der Waals surface area contributed by atoms with Gasteiger partial charge in [-0.15, -0.1) is 0 Å². The molecule has 7 rings (SSSR count). The third-order valence-electron chi connectivity index (χ3n) is 8.97. The molecule has 9 nitrogen and oxygen atoms in total. The number of nitro groups is 1. The number of para-hydroxylation sites is 1. The summed E-state index contributed by atoms with van der Waals surface area (Å²) in [7, 11) is -2.56. The third kappa shape index (κ3) is 4.00. The summed E-state index contributed by atoms with van der Waals surface area (Å²) in [5.41, 5.74) is -0.0538. The summed E-state index contributed by atoms with van der Waals surface area (Å²) in [4.78, 5) is 25.3. The summed E-state index contributed by atoms with van der Waals surface area (Å²) in [5, 5.41) is 11.8. The van der Waals surface area contributed by atoms with Crippen molar-refractivity contribution < 1.29 is 19.2 Å². The number of amides is 1. The number of hydrogen-bond donors (Lipinski definition) is 0. The smallest absolute Gasteiger partial charge is 0.285 e. The second kappa shape index (κ2) is 9.34. The molecular weight excluding hydrogens is 467 g/mol. The molecule has 0 unspecified atom stereocenters. The standard InChI is InChI=1S/C25H35N4O5P/c30-24(22-3-1-2-4-23(22)29(31)32)26-35(27-5-9-33-10-6-27,28-7-11-34-12-8-28)25-16-19-13-20(17-25)15-21(14-19)18-25/h1-4,19-21H,5-18H2. The van der Waals surface area contributed by atoms with E-state index >= 15 is 0 Å². The average Bonchev–Trinajstić information content (AvgIpc) is 2.87. The first-order valence-electron chi connectivity index (χ1n) is 13.1. The predicted molar refractivity (Wildman–Crippen MR) is 132 cm³/mol. The summed E-state index contributed by atoms with van der Waals surface area (Å²) in [6.45, 7) is 5.53. The zero-order valence-corrected chi connectivity index (χ0v) is 21.1. The van der Waals surface area contributed by atoms with Gasteiger partial charge in [-0.1, -0.05) is 12.1 Å². The van der Waals surface area contributed by atoms with Crippen molar-refractivity contribution in [2.45, 2.75) is 43.7 Å². The molecule has 0 spiro atoms. The number of benzene rings is 1. The Morgan fingerprint density at radius 3 is 1.89 bits per heavy atom. The molecule has 4 bridgehead atoms. The molecule has 0 N–H and O–H groups in total. The normalized spacial score (nSPS) is 33.5. The Hall–Kier alpha value is -1.64. The average molecular weight is 503 g/mol. The number of carbonyl (C=O) groups is 1. The van der Waals surface area contributed by atoms with Gasteiger partial charge in [-0.3, -0.25) is 24.2 Å². The number of carbonyl (C=O) groups excluding carboxylic acids is 1. The molecule has 2 heterocycles. The van der Waals surface area contributed by atoms with Crippen LogP contribution in [0, 0.1) is 27.9 Å². The quantitative estimate of drug-likeness (QED) is 0.334. The lowest BCUT2D eigenvalue weighted by atomic mass is 9.56. The molecule has 4 saturated carbocycles. The Labute approximate surface area is 206 Å². The Morgan fingerprint density at radius 1 is 0.914 bits per heavy atom. The second-order valence-electron chi connectivity index (χ2n) is 11.0. The number of nitro benzene ring substituents is 1. The molecule has 10 heteroatoms. The number of rotatable bonds is 5. The summed E-state index contributed by atoms with van der Waals surface area (Å²) in [5.74, 6) is 1.69. The van der Waals surface area contributed by atoms with Crippen molar-refractivity contribution >= 4 is 19.0 Å². The minimum Gasteiger partial charge on any atom is -0.379 e. The van der Waals surface area contributed by atoms with Gasteiger partial charge < -0.3 is 9.47 Å². The molecule has 1 aromatic rings. The summed E-state index contributed by atoms with van der Waals surface area (Å²) in [6.07, 6.45) is 7.29. The Morgan fingerprint density at radius 2 is 1.40 bits per heavy atom. The van der Waals surface area contributed by atoms with Crippen LogP contribution in [0.5, 0.6) is 0 Å². The molecule has 0 aromatic heterocycles. The molecule has 190 valence electrons. The lowest BCUT2D eigenvalue weighted by Gasteiger charge is -2.64. The van der Waals surface area contributed by atoms with E-state index in [1.165, 1.54) is 25.3 Å². The highest BCUT2D eigenvalue weighted by atomic mass is 31.2. The van der Waals surface area contributed by atoms with Gasteiger partial charge in [0.2, 0.25) is 0 Å². The molecule has 2 aliphatic heterocycles. The van der Waals surface area contributed by atoms with E-state index in [4.69, 9.17) is 14.2 Å². The minimum atomic E-state index is -2.56. The molecule has 6 aliphatic rings. The van der Waals surface area contributed by atoms with Crippen LogP contribution in [-0.4, -0.2) is 77.9 Å². The van der Waals surface area contributed by atoms with Gasteiger partial charge in [-0.05, 0) is 62.3 Å². The second-order valence-corrected chi connectivity index (χ2v) is 14.4. The monoisotopic (exact) mass is 502 g/mol. The van der Waals surface area contributed by atoms with Crippen LogP contribution in [0.4, 0.5) is 5.69 Å². The fourth-order valence-electron chi connectivity index (χ4n) is 8.10. The van der Waals surface area contributed by atoms with E-state index < -0.39 is 18.2 Å². The maximum atomic E-state index is 14.0. The lowest BCUT2D eigenvalue weighted by molar-refractivity contribution is -0.385. The molecule has 6 fully saturated rings. The molecule has 2 saturated heterocycles. The lowest BCUT2D eigenvalue weighted by Crippen LogP contribution is -2.57. The Bertz CT molecular complexity index is 993. The molecule has 4 aliphatic carbocycles. The van der Waals surface area contributed by atoms with Crippen LogP contribution in [0.3, 0.4) is 0 Å². The molecule has 0 atom stereocenters. The highest BCUT2D eigenvalue weighted by Gasteiger charge is 2.61. The van der Waals surface area contributed by atoms with Gasteiger partial charge in [0.05, 0.1) is 31.4 Å². The Kier molecular flexibility index (Phi) is 6.34. The highest BCUT2D eigenvalue weighted by molar-refractivity contribution is 7.63. The van der Waals surface area contributed by atoms with Gasteiger partial charge in [-0.2, -0.15) is 4.74 Å². The van der Waals surface area contributed by atoms with E-state index in [-0.39, 0.29) is 16.4 Å². The Balaban J connectivity index is 1.55. The maximum absolute atomic E-state index is 14.0. The van der Waals surface area contributed by atoms with Crippen LogP contribution < -0.4 is 0 Å². The van der Waals surface area contributed by atoms with Crippen LogP contribution >= 0.6 is 7.36 Å². The predicted octanol–water partition coefficient (Wildman–Crippen LogP) is 4.40. The third-order valence-corrected chi connectivity index (χ3v) is 13.6. The van der Waals surface area contributed by atoms with Crippen molar-refractivity contribution in [1.82, 2.24) is 9.34 Å². The fourth-order valence-corrected chi connectivity index (χ4v) is 13.4. The fraction of sp³-hybridized carbons (Fsp3) is 0.720. The van der Waals surface area contributed by atoms with Crippen molar-refractivity contribution in [2.24, 2.45) is 22.5 Å². The minimum absolute atomic E-state index is 0.0321. The molecule has 1 aromatic carbocycles. The SMILES string of the molecule is O=C(N=P(N1CCOCC1)(N1CCOCC1)C12CC3CC(CC(C3)C1)C2)c1ccccc1[N+](=O)[O-]. The van der Waals surface area contributed by atoms with E-state index in [1.807, 2.05) is 0 Å². The first-order chi connectivity index (χ1) is 17.0. The molecule has 35 heavy (non-hydrogen) atoms. The van der Waals surface area contributed by atoms with Crippen LogP contribution in [-0.2, 0) is 9.47 Å². The van der Waals surface area contributed by atoms with Crippen molar-refractivity contribution in [2.75, 3.05) is 52.6 Å². The molecule has 1 amide bonds. The van der Waals surface area contributed by atoms with E-state index in [0.29, 0.717) is 44.2 Å². The van der Waals surface area contributed by atoms with Crippen LogP contribution in [0.2, 0.25) is 0 Å². The number of morpholine rings is 2. The van der Waals surface area contributed by atoms with Crippen LogP contribution in [0.15, 0.2) is 29.0 Å². The van der Waals surface area contributed by atoms with E-state index in [9.17, 15) is 14.9 Å². The highest BCUT2D eigenvalue weighted by Crippen LogP contribution is 2.77. The number of nitrogens with zero attached hydrogens (tertiary/aromatic N) is 4. The topological polar surface area (TPSA) is 97.5 Å². The van der Waals surface area contributed by atoms with Gasteiger partial charge in [0.15, 0.2) is 0 Å². The van der Waals surface area contributed by atoms with Gasteiger partial charge in [0.1, 0.15) is 12.9 Å². The van der Waals surface area contributed by atoms with Crippen LogP contribution in [0.25, 0.3) is 0 Å². The van der Waals surface area contributed by atoms with Gasteiger partial charge in [-0.25, -0.2) is 0 Å². The van der Waals surface area contributed by atoms with Crippen molar-refractivity contribution in [3.63, 3.8) is 0 Å². The summed E-state index contributed by atoms with van der Waals surface area (Å²) >= 11 is 0. The van der Waals surface area contributed by atoms with Gasteiger partial charge >= 0.3 is 0 Å². The van der Waals surface area contributed by atoms with E-state index in [2.05, 4.69) is 9.34 Å². The first-order valence-corrected chi connectivity index (χ1v) is 14.7. The maximum Gasteiger partial charge on any atom is 0.285 e.